The Kier molecular flexibility index (Phi) is 4.46. The van der Waals surface area contributed by atoms with Gasteiger partial charge in [0.25, 0.3) is 0 Å². The maximum Gasteiger partial charge on any atom is 0.313 e. The van der Waals surface area contributed by atoms with Gasteiger partial charge in [0.1, 0.15) is 5.82 Å². The lowest BCUT2D eigenvalue weighted by atomic mass is 9.79. The molecule has 0 heterocycles. The maximum absolute atomic E-state index is 13.9. The van der Waals surface area contributed by atoms with Gasteiger partial charge in [0.05, 0.1) is 18.6 Å². The minimum Gasteiger partial charge on any atom is -0.469 e. The van der Waals surface area contributed by atoms with Crippen LogP contribution < -0.4 is 0 Å². The number of nitrogens with zero attached hydrogens (tertiary/aromatic N) is 1. The van der Waals surface area contributed by atoms with Crippen molar-refractivity contribution in [1.82, 2.24) is 4.90 Å². The van der Waals surface area contributed by atoms with E-state index in [1.807, 2.05) is 19.0 Å². The van der Waals surface area contributed by atoms with E-state index >= 15 is 0 Å². The molecule has 0 fully saturated rings. The van der Waals surface area contributed by atoms with Crippen LogP contribution in [0.25, 0.3) is 0 Å². The summed E-state index contributed by atoms with van der Waals surface area (Å²) in [6.07, 6.45) is 0. The fourth-order valence-corrected chi connectivity index (χ4v) is 2.38. The van der Waals surface area contributed by atoms with E-state index in [2.05, 4.69) is 0 Å². The minimum atomic E-state index is -0.833. The number of rotatable bonds is 4. The topological polar surface area (TPSA) is 29.5 Å². The van der Waals surface area contributed by atoms with Crippen molar-refractivity contribution in [3.8, 4) is 0 Å². The first-order valence-electron chi connectivity index (χ1n) is 5.81. The molecule has 0 saturated carbocycles. The zero-order valence-corrected chi connectivity index (χ0v) is 11.5. The number of carbonyl (C=O) groups is 1. The maximum atomic E-state index is 13.9. The van der Waals surface area contributed by atoms with E-state index in [4.69, 9.17) is 4.74 Å². The summed E-state index contributed by atoms with van der Waals surface area (Å²) >= 11 is 0. The number of ether oxygens (including phenoxy) is 1. The van der Waals surface area contributed by atoms with Crippen molar-refractivity contribution < 1.29 is 13.9 Å². The highest BCUT2D eigenvalue weighted by Gasteiger charge is 2.41. The molecule has 0 saturated heterocycles. The van der Waals surface area contributed by atoms with Crippen molar-refractivity contribution in [3.63, 3.8) is 0 Å². The van der Waals surface area contributed by atoms with E-state index < -0.39 is 5.41 Å². The summed E-state index contributed by atoms with van der Waals surface area (Å²) in [5.41, 5.74) is -0.335. The smallest absolute Gasteiger partial charge is 0.313 e. The van der Waals surface area contributed by atoms with Crippen molar-refractivity contribution in [2.24, 2.45) is 5.41 Å². The van der Waals surface area contributed by atoms with E-state index in [1.165, 1.54) is 13.2 Å². The molecule has 4 heteroatoms. The first-order valence-corrected chi connectivity index (χ1v) is 5.81. The van der Waals surface area contributed by atoms with Gasteiger partial charge in [0, 0.05) is 5.56 Å². The Morgan fingerprint density at radius 2 is 1.89 bits per heavy atom. The predicted molar refractivity (Wildman–Crippen MR) is 68.6 cm³/mol. The number of halogens is 1. The number of carbonyl (C=O) groups excluding carboxylic acids is 1. The lowest BCUT2D eigenvalue weighted by molar-refractivity contribution is -0.154. The molecule has 0 radical (unpaired) electrons. The molecular weight excluding hydrogens is 233 g/mol. The largest absolute Gasteiger partial charge is 0.469 e. The molecule has 1 aromatic rings. The fraction of sp³-hybridized carbons (Fsp3) is 0.500. The Labute approximate surface area is 108 Å². The molecule has 1 unspecified atom stereocenters. The molecule has 100 valence electrons. The molecule has 0 spiro atoms. The molecule has 0 N–H and O–H groups in total. The summed E-state index contributed by atoms with van der Waals surface area (Å²) in [7, 11) is 4.99. The Morgan fingerprint density at radius 3 is 2.33 bits per heavy atom. The molecule has 18 heavy (non-hydrogen) atoms. The van der Waals surface area contributed by atoms with Crippen LogP contribution in [0.1, 0.15) is 25.5 Å². The standard InChI is InChI=1S/C14H20FNO2/c1-14(2,13(17)18-5)12(16(3)4)10-8-6-7-9-11(10)15/h6-9,12H,1-5H3. The van der Waals surface area contributed by atoms with Crippen LogP contribution in [-0.2, 0) is 9.53 Å². The van der Waals surface area contributed by atoms with Crippen LogP contribution in [0.15, 0.2) is 24.3 Å². The SMILES string of the molecule is COC(=O)C(C)(C)C(c1ccccc1F)N(C)C. The first kappa shape index (κ1) is 14.6. The van der Waals surface area contributed by atoms with Crippen LogP contribution in [0, 0.1) is 11.2 Å². The van der Waals surface area contributed by atoms with E-state index in [1.54, 1.807) is 32.0 Å². The molecule has 0 aliphatic carbocycles. The summed E-state index contributed by atoms with van der Waals surface area (Å²) in [5, 5.41) is 0. The van der Waals surface area contributed by atoms with Crippen LogP contribution in [-0.4, -0.2) is 32.1 Å². The van der Waals surface area contributed by atoms with Gasteiger partial charge in [0.2, 0.25) is 0 Å². The molecular formula is C14H20FNO2. The summed E-state index contributed by atoms with van der Waals surface area (Å²) in [4.78, 5) is 13.7. The van der Waals surface area contributed by atoms with Crippen molar-refractivity contribution >= 4 is 5.97 Å². The van der Waals surface area contributed by atoms with Gasteiger partial charge in [0.15, 0.2) is 0 Å². The second kappa shape index (κ2) is 5.48. The monoisotopic (exact) mass is 253 g/mol. The highest BCUT2D eigenvalue weighted by molar-refractivity contribution is 5.77. The number of methoxy groups -OCH3 is 1. The van der Waals surface area contributed by atoms with Gasteiger partial charge in [-0.25, -0.2) is 4.39 Å². The first-order chi connectivity index (χ1) is 8.32. The third-order valence-corrected chi connectivity index (χ3v) is 3.11. The lowest BCUT2D eigenvalue weighted by Crippen LogP contribution is -2.40. The molecule has 3 nitrogen and oxygen atoms in total. The van der Waals surface area contributed by atoms with Crippen LogP contribution in [0.5, 0.6) is 0 Å². The second-order valence-electron chi connectivity index (χ2n) is 5.10. The van der Waals surface area contributed by atoms with Crippen molar-refractivity contribution in [1.29, 1.82) is 0 Å². The Morgan fingerprint density at radius 1 is 1.33 bits per heavy atom. The normalized spacial score (nSPS) is 13.5. The van der Waals surface area contributed by atoms with Gasteiger partial charge in [-0.2, -0.15) is 0 Å². The van der Waals surface area contributed by atoms with Gasteiger partial charge in [-0.15, -0.1) is 0 Å². The molecule has 1 aromatic carbocycles. The summed E-state index contributed by atoms with van der Waals surface area (Å²) < 4.78 is 18.7. The average molecular weight is 253 g/mol. The third-order valence-electron chi connectivity index (χ3n) is 3.11. The number of esters is 1. The quantitative estimate of drug-likeness (QED) is 0.773. The van der Waals surface area contributed by atoms with Crippen molar-refractivity contribution in [2.45, 2.75) is 19.9 Å². The number of hydrogen-bond donors (Lipinski definition) is 0. The fourth-order valence-electron chi connectivity index (χ4n) is 2.38. The van der Waals surface area contributed by atoms with E-state index in [-0.39, 0.29) is 17.8 Å². The Bertz CT molecular complexity index is 430. The zero-order chi connectivity index (χ0) is 13.9. The van der Waals surface area contributed by atoms with Crippen LogP contribution in [0.2, 0.25) is 0 Å². The predicted octanol–water partition coefficient (Wildman–Crippen LogP) is 2.63. The third kappa shape index (κ3) is 2.70. The van der Waals surface area contributed by atoms with Crippen molar-refractivity contribution in [3.05, 3.63) is 35.6 Å². The van der Waals surface area contributed by atoms with Crippen molar-refractivity contribution in [2.75, 3.05) is 21.2 Å². The number of benzene rings is 1. The molecule has 0 aromatic heterocycles. The zero-order valence-electron chi connectivity index (χ0n) is 11.5. The van der Waals surface area contributed by atoms with E-state index in [9.17, 15) is 9.18 Å². The average Bonchev–Trinajstić information content (AvgIpc) is 2.30. The highest BCUT2D eigenvalue weighted by Crippen LogP contribution is 2.38. The van der Waals surface area contributed by atoms with Crippen LogP contribution >= 0.6 is 0 Å². The summed E-state index contributed by atoms with van der Waals surface area (Å²) in [5.74, 6) is -0.669. The van der Waals surface area contributed by atoms with E-state index in [0.29, 0.717) is 5.56 Å². The minimum absolute atomic E-state index is 0.312. The molecule has 0 aliphatic heterocycles. The Balaban J connectivity index is 3.28. The highest BCUT2D eigenvalue weighted by atomic mass is 19.1. The van der Waals surface area contributed by atoms with Gasteiger partial charge < -0.3 is 9.64 Å². The van der Waals surface area contributed by atoms with Gasteiger partial charge in [-0.1, -0.05) is 18.2 Å². The summed E-state index contributed by atoms with van der Waals surface area (Å²) in [6, 6.07) is 6.12. The van der Waals surface area contributed by atoms with Crippen LogP contribution in [0.3, 0.4) is 0 Å². The number of hydrogen-bond acceptors (Lipinski definition) is 3. The molecule has 0 amide bonds. The molecule has 0 aliphatic rings. The lowest BCUT2D eigenvalue weighted by Gasteiger charge is -2.36. The van der Waals surface area contributed by atoms with Gasteiger partial charge in [-0.3, -0.25) is 4.79 Å². The van der Waals surface area contributed by atoms with Gasteiger partial charge >= 0.3 is 5.97 Å². The molecule has 0 bridgehead atoms. The molecule has 1 atom stereocenters. The van der Waals surface area contributed by atoms with Gasteiger partial charge in [-0.05, 0) is 34.0 Å². The van der Waals surface area contributed by atoms with Crippen LogP contribution in [0.4, 0.5) is 4.39 Å². The van der Waals surface area contributed by atoms with E-state index in [0.717, 1.165) is 0 Å². The second-order valence-corrected chi connectivity index (χ2v) is 5.10. The summed E-state index contributed by atoms with van der Waals surface area (Å²) in [6.45, 7) is 3.52. The molecule has 1 rings (SSSR count). The Hall–Kier alpha value is -1.42.